The second kappa shape index (κ2) is 9.30. The Bertz CT molecular complexity index is 349. The number of nitrogens with zero attached hydrogens (tertiary/aromatic N) is 2. The van der Waals surface area contributed by atoms with Crippen LogP contribution < -0.4 is 10.6 Å². The first-order valence-corrected chi connectivity index (χ1v) is 9.06. The van der Waals surface area contributed by atoms with Gasteiger partial charge in [-0.2, -0.15) is 0 Å². The van der Waals surface area contributed by atoms with Crippen molar-refractivity contribution in [3.63, 3.8) is 0 Å². The summed E-state index contributed by atoms with van der Waals surface area (Å²) in [6.45, 7) is 3.56. The highest BCUT2D eigenvalue weighted by molar-refractivity contribution is 14.0. The lowest BCUT2D eigenvalue weighted by atomic mass is 10.1. The third kappa shape index (κ3) is 4.98. The summed E-state index contributed by atoms with van der Waals surface area (Å²) in [6.07, 6.45) is 12.6. The molecule has 2 saturated carbocycles. The van der Waals surface area contributed by atoms with Crippen LogP contribution in [0.15, 0.2) is 4.99 Å². The fourth-order valence-corrected chi connectivity index (χ4v) is 4.35. The molecule has 0 aromatic rings. The van der Waals surface area contributed by atoms with Crippen molar-refractivity contribution in [2.24, 2.45) is 10.9 Å². The minimum atomic E-state index is 0. The Balaban J connectivity index is 0.00000176. The van der Waals surface area contributed by atoms with Crippen molar-refractivity contribution in [3.05, 3.63) is 0 Å². The Labute approximate surface area is 152 Å². The first-order chi connectivity index (χ1) is 10.3. The quantitative estimate of drug-likeness (QED) is 0.418. The molecule has 3 rings (SSSR count). The zero-order valence-electron chi connectivity index (χ0n) is 14.0. The predicted molar refractivity (Wildman–Crippen MR) is 104 cm³/mol. The van der Waals surface area contributed by atoms with Gasteiger partial charge < -0.3 is 10.6 Å². The number of aliphatic imine (C=N–C) groups is 1. The number of nitrogens with one attached hydrogen (secondary N) is 2. The fraction of sp³-hybridized carbons (Fsp3) is 0.941. The van der Waals surface area contributed by atoms with Gasteiger partial charge in [-0.3, -0.25) is 9.89 Å². The molecule has 0 spiro atoms. The molecule has 3 aliphatic rings. The number of halogens is 1. The molecule has 1 atom stereocenters. The predicted octanol–water partition coefficient (Wildman–Crippen LogP) is 2.98. The minimum Gasteiger partial charge on any atom is -0.356 e. The first-order valence-electron chi connectivity index (χ1n) is 9.06. The van der Waals surface area contributed by atoms with Gasteiger partial charge in [0.2, 0.25) is 0 Å². The summed E-state index contributed by atoms with van der Waals surface area (Å²) in [6, 6.07) is 1.45. The first kappa shape index (κ1) is 18.3. The lowest BCUT2D eigenvalue weighted by molar-refractivity contribution is 0.242. The van der Waals surface area contributed by atoms with Gasteiger partial charge in [-0.25, -0.2) is 0 Å². The summed E-state index contributed by atoms with van der Waals surface area (Å²) in [7, 11) is 1.90. The van der Waals surface area contributed by atoms with Gasteiger partial charge in [0.15, 0.2) is 5.96 Å². The Kier molecular flexibility index (Phi) is 7.74. The van der Waals surface area contributed by atoms with E-state index in [1.165, 1.54) is 70.9 Å². The van der Waals surface area contributed by atoms with Crippen LogP contribution >= 0.6 is 24.0 Å². The molecule has 1 aliphatic heterocycles. The van der Waals surface area contributed by atoms with E-state index in [0.717, 1.165) is 24.5 Å². The van der Waals surface area contributed by atoms with Crippen molar-refractivity contribution in [1.29, 1.82) is 0 Å². The monoisotopic (exact) mass is 420 g/mol. The lowest BCUT2D eigenvalue weighted by Crippen LogP contribution is -2.46. The van der Waals surface area contributed by atoms with Crippen molar-refractivity contribution in [1.82, 2.24) is 15.5 Å². The number of rotatable bonds is 4. The second-order valence-electron chi connectivity index (χ2n) is 7.17. The highest BCUT2D eigenvalue weighted by Crippen LogP contribution is 2.26. The molecule has 1 unspecified atom stereocenters. The third-order valence-electron chi connectivity index (χ3n) is 5.66. The van der Waals surface area contributed by atoms with Gasteiger partial charge >= 0.3 is 0 Å². The Morgan fingerprint density at radius 3 is 2.41 bits per heavy atom. The molecule has 22 heavy (non-hydrogen) atoms. The molecule has 3 fully saturated rings. The Morgan fingerprint density at radius 1 is 1.05 bits per heavy atom. The van der Waals surface area contributed by atoms with Crippen LogP contribution in [0.3, 0.4) is 0 Å². The van der Waals surface area contributed by atoms with Gasteiger partial charge in [0.05, 0.1) is 0 Å². The van der Waals surface area contributed by atoms with Gasteiger partial charge in [-0.15, -0.1) is 24.0 Å². The van der Waals surface area contributed by atoms with E-state index < -0.39 is 0 Å². The molecule has 128 valence electrons. The van der Waals surface area contributed by atoms with Crippen LogP contribution in [0.2, 0.25) is 0 Å². The number of hydrogen-bond acceptors (Lipinski definition) is 2. The van der Waals surface area contributed by atoms with E-state index in [1.807, 2.05) is 7.05 Å². The molecule has 0 radical (unpaired) electrons. The van der Waals surface area contributed by atoms with E-state index in [2.05, 4.69) is 20.5 Å². The van der Waals surface area contributed by atoms with Gasteiger partial charge in [0.25, 0.3) is 0 Å². The average Bonchev–Trinajstić information content (AvgIpc) is 3.24. The minimum absolute atomic E-state index is 0. The van der Waals surface area contributed by atoms with Crippen molar-refractivity contribution in [3.8, 4) is 0 Å². The fourth-order valence-electron chi connectivity index (χ4n) is 4.35. The van der Waals surface area contributed by atoms with Gasteiger partial charge in [-0.05, 0) is 38.0 Å². The molecular formula is C17H33IN4. The maximum atomic E-state index is 4.41. The van der Waals surface area contributed by atoms with Crippen LogP contribution in [-0.2, 0) is 0 Å². The van der Waals surface area contributed by atoms with Crippen LogP contribution in [0.4, 0.5) is 0 Å². The van der Waals surface area contributed by atoms with E-state index in [-0.39, 0.29) is 24.0 Å². The van der Waals surface area contributed by atoms with E-state index in [0.29, 0.717) is 6.04 Å². The molecule has 1 saturated heterocycles. The highest BCUT2D eigenvalue weighted by Gasteiger charge is 2.30. The summed E-state index contributed by atoms with van der Waals surface area (Å²) in [4.78, 5) is 7.11. The molecule has 5 heteroatoms. The van der Waals surface area contributed by atoms with E-state index in [9.17, 15) is 0 Å². The van der Waals surface area contributed by atoms with Crippen LogP contribution in [0.5, 0.6) is 0 Å². The third-order valence-corrected chi connectivity index (χ3v) is 5.66. The van der Waals surface area contributed by atoms with Crippen LogP contribution in [0.25, 0.3) is 0 Å². The van der Waals surface area contributed by atoms with Crippen molar-refractivity contribution in [2.45, 2.75) is 69.9 Å². The molecule has 2 aliphatic carbocycles. The summed E-state index contributed by atoms with van der Waals surface area (Å²) in [5.74, 6) is 1.88. The lowest BCUT2D eigenvalue weighted by Gasteiger charge is -2.24. The number of likely N-dealkylation sites (tertiary alicyclic amines) is 1. The molecule has 4 nitrogen and oxygen atoms in total. The largest absolute Gasteiger partial charge is 0.356 e. The van der Waals surface area contributed by atoms with E-state index in [1.54, 1.807) is 0 Å². The summed E-state index contributed by atoms with van der Waals surface area (Å²) < 4.78 is 0. The molecular weight excluding hydrogens is 387 g/mol. The molecule has 0 aromatic heterocycles. The smallest absolute Gasteiger partial charge is 0.191 e. The van der Waals surface area contributed by atoms with E-state index >= 15 is 0 Å². The molecule has 2 N–H and O–H groups in total. The van der Waals surface area contributed by atoms with Gasteiger partial charge in [0.1, 0.15) is 0 Å². The molecule has 0 aromatic carbocycles. The standard InChI is InChI=1S/C17H32N4.HI/c1-18-17(19-12-14-6-2-3-7-14)20-15-10-11-21(13-15)16-8-4-5-9-16;/h14-16H,2-13H2,1H3,(H2,18,19,20);1H. The Morgan fingerprint density at radius 2 is 1.73 bits per heavy atom. The van der Waals surface area contributed by atoms with Crippen molar-refractivity contribution < 1.29 is 0 Å². The summed E-state index contributed by atoms with van der Waals surface area (Å²) in [5.41, 5.74) is 0. The molecule has 1 heterocycles. The van der Waals surface area contributed by atoms with Gasteiger partial charge in [0, 0.05) is 38.8 Å². The molecule has 0 bridgehead atoms. The SMILES string of the molecule is CN=C(NCC1CCCC1)NC1CCN(C2CCCC2)C1.I. The normalized spacial score (nSPS) is 28.0. The number of hydrogen-bond donors (Lipinski definition) is 2. The zero-order chi connectivity index (χ0) is 14.5. The average molecular weight is 420 g/mol. The van der Waals surface area contributed by atoms with Crippen molar-refractivity contribution >= 4 is 29.9 Å². The highest BCUT2D eigenvalue weighted by atomic mass is 127. The maximum Gasteiger partial charge on any atom is 0.191 e. The Hall–Kier alpha value is -0.0400. The topological polar surface area (TPSA) is 39.7 Å². The maximum absolute atomic E-state index is 4.41. The summed E-state index contributed by atoms with van der Waals surface area (Å²) in [5, 5.41) is 7.18. The van der Waals surface area contributed by atoms with Crippen LogP contribution in [-0.4, -0.2) is 49.6 Å². The molecule has 0 amide bonds. The van der Waals surface area contributed by atoms with E-state index in [4.69, 9.17) is 0 Å². The van der Waals surface area contributed by atoms with Crippen LogP contribution in [0, 0.1) is 5.92 Å². The second-order valence-corrected chi connectivity index (χ2v) is 7.17. The van der Waals surface area contributed by atoms with Crippen LogP contribution in [0.1, 0.15) is 57.8 Å². The van der Waals surface area contributed by atoms with Crippen molar-refractivity contribution in [2.75, 3.05) is 26.7 Å². The summed E-state index contributed by atoms with van der Waals surface area (Å²) >= 11 is 0. The van der Waals surface area contributed by atoms with Gasteiger partial charge in [-0.1, -0.05) is 25.7 Å². The zero-order valence-corrected chi connectivity index (χ0v) is 16.4. The number of guanidine groups is 1.